The first-order valence-corrected chi connectivity index (χ1v) is 13.1. The van der Waals surface area contributed by atoms with Crippen LogP contribution in [0, 0.1) is 0 Å². The zero-order valence-electron chi connectivity index (χ0n) is 21.5. The van der Waals surface area contributed by atoms with Gasteiger partial charge in [0.1, 0.15) is 0 Å². The van der Waals surface area contributed by atoms with Crippen LogP contribution >= 0.6 is 15.9 Å². The monoisotopic (exact) mass is 594 g/mol. The van der Waals surface area contributed by atoms with Gasteiger partial charge < -0.3 is 19.7 Å². The molecular formula is C26H27BrN8O4. The van der Waals surface area contributed by atoms with Gasteiger partial charge in [0.05, 0.1) is 24.6 Å². The molecule has 0 aromatic heterocycles. The number of amides is 2. The Morgan fingerprint density at radius 3 is 2.46 bits per heavy atom. The van der Waals surface area contributed by atoms with E-state index in [1.807, 2.05) is 30.3 Å². The number of hydrogen-bond acceptors (Lipinski definition) is 6. The molecule has 39 heavy (non-hydrogen) atoms. The highest BCUT2D eigenvalue weighted by Crippen LogP contribution is 2.54. The number of nitrogens with one attached hydrogen (secondary N) is 1. The van der Waals surface area contributed by atoms with Gasteiger partial charge in [-0.25, -0.2) is 9.59 Å². The maximum absolute atomic E-state index is 11.9. The van der Waals surface area contributed by atoms with Crippen LogP contribution in [0.5, 0.6) is 0 Å². The van der Waals surface area contributed by atoms with Crippen LogP contribution in [0.25, 0.3) is 26.5 Å². The zero-order valence-corrected chi connectivity index (χ0v) is 23.1. The van der Waals surface area contributed by atoms with E-state index >= 15 is 0 Å². The van der Waals surface area contributed by atoms with Crippen LogP contribution in [0.1, 0.15) is 35.1 Å². The second-order valence-corrected chi connectivity index (χ2v) is 10.5. The highest BCUT2D eigenvalue weighted by molar-refractivity contribution is 9.09. The first-order valence-electron chi connectivity index (χ1n) is 12.3. The molecule has 1 heterocycles. The van der Waals surface area contributed by atoms with E-state index in [9.17, 15) is 9.59 Å². The van der Waals surface area contributed by atoms with Crippen molar-refractivity contribution in [1.82, 2.24) is 10.2 Å². The Balaban J connectivity index is 0.000000181. The first kappa shape index (κ1) is 27.8. The van der Waals surface area contributed by atoms with Crippen molar-refractivity contribution in [3.63, 3.8) is 0 Å². The van der Waals surface area contributed by atoms with Crippen molar-refractivity contribution < 1.29 is 19.1 Å². The summed E-state index contributed by atoms with van der Waals surface area (Å²) >= 11 is 3.81. The lowest BCUT2D eigenvalue weighted by atomic mass is 9.97. The molecule has 1 aliphatic heterocycles. The van der Waals surface area contributed by atoms with E-state index in [1.165, 1.54) is 14.2 Å². The number of nitrogens with zero attached hydrogens (tertiary/aromatic N) is 7. The lowest BCUT2D eigenvalue weighted by molar-refractivity contribution is 0.118. The van der Waals surface area contributed by atoms with Crippen molar-refractivity contribution >= 4 is 45.1 Å². The van der Waals surface area contributed by atoms with Crippen molar-refractivity contribution in [2.24, 2.45) is 10.2 Å². The molecule has 0 unspecified atom stereocenters. The normalized spacial score (nSPS) is 19.6. The number of alkyl halides is 1. The van der Waals surface area contributed by atoms with Crippen LogP contribution < -0.4 is 5.32 Å². The SMILES string of the molecule is COC(=O)N1CC[C@@]2(Br)c3cccc(N=[N+]=[N-])c3C[C@@H]12.COC(=O)NCCC1=CCc2c(N=[N+]=[N-])cccc21. The predicted molar refractivity (Wildman–Crippen MR) is 149 cm³/mol. The molecule has 0 bridgehead atoms. The Labute approximate surface area is 233 Å². The number of azide groups is 2. The second-order valence-electron chi connectivity index (χ2n) is 9.08. The van der Waals surface area contributed by atoms with Crippen molar-refractivity contribution in [2.75, 3.05) is 27.3 Å². The summed E-state index contributed by atoms with van der Waals surface area (Å²) in [5.74, 6) is 0. The average Bonchev–Trinajstić information content (AvgIpc) is 3.60. The summed E-state index contributed by atoms with van der Waals surface area (Å²) in [6.07, 6.45) is 4.33. The minimum atomic E-state index is -0.429. The van der Waals surface area contributed by atoms with E-state index in [1.54, 1.807) is 11.0 Å². The fourth-order valence-electron chi connectivity index (χ4n) is 5.46. The number of hydrogen-bond donors (Lipinski definition) is 1. The van der Waals surface area contributed by atoms with Crippen molar-refractivity contribution in [3.05, 3.63) is 85.6 Å². The van der Waals surface area contributed by atoms with Gasteiger partial charge in [-0.3, -0.25) is 0 Å². The number of alkyl carbamates (subject to hydrolysis) is 1. The first-order chi connectivity index (χ1) is 18.9. The lowest BCUT2D eigenvalue weighted by Gasteiger charge is -2.27. The minimum absolute atomic E-state index is 0.00000661. The number of benzene rings is 2. The molecular weight excluding hydrogens is 568 g/mol. The van der Waals surface area contributed by atoms with Crippen LogP contribution in [0.3, 0.4) is 0 Å². The zero-order chi connectivity index (χ0) is 28.0. The number of halogens is 1. The fraction of sp³-hybridized carbons (Fsp3) is 0.385. The molecule has 0 saturated carbocycles. The lowest BCUT2D eigenvalue weighted by Crippen LogP contribution is -2.40. The van der Waals surface area contributed by atoms with Gasteiger partial charge >= 0.3 is 12.2 Å². The van der Waals surface area contributed by atoms with E-state index in [0.29, 0.717) is 30.9 Å². The maximum atomic E-state index is 11.9. The van der Waals surface area contributed by atoms with Gasteiger partial charge in [-0.2, -0.15) is 0 Å². The minimum Gasteiger partial charge on any atom is -0.453 e. The molecule has 1 saturated heterocycles. The molecule has 5 rings (SSSR count). The van der Waals surface area contributed by atoms with E-state index in [0.717, 1.165) is 47.1 Å². The number of carbonyl (C=O) groups excluding carboxylic acids is 2. The Hall–Kier alpha value is -4.18. The molecule has 0 radical (unpaired) electrons. The molecule has 2 aromatic rings. The summed E-state index contributed by atoms with van der Waals surface area (Å²) in [5.41, 5.74) is 23.9. The summed E-state index contributed by atoms with van der Waals surface area (Å²) in [7, 11) is 2.73. The molecule has 1 N–H and O–H groups in total. The summed E-state index contributed by atoms with van der Waals surface area (Å²) in [6.45, 7) is 1.18. The molecule has 202 valence electrons. The number of rotatable bonds is 5. The predicted octanol–water partition coefficient (Wildman–Crippen LogP) is 6.93. The van der Waals surface area contributed by atoms with Gasteiger partial charge in [0.25, 0.3) is 0 Å². The molecule has 2 aromatic carbocycles. The summed E-state index contributed by atoms with van der Waals surface area (Å²) in [6, 6.07) is 11.4. The van der Waals surface area contributed by atoms with Crippen molar-refractivity contribution in [1.29, 1.82) is 0 Å². The number of methoxy groups -OCH3 is 2. The van der Waals surface area contributed by atoms with Gasteiger partial charge in [0.2, 0.25) is 0 Å². The van der Waals surface area contributed by atoms with Gasteiger partial charge in [-0.15, -0.1) is 0 Å². The van der Waals surface area contributed by atoms with E-state index in [2.05, 4.69) is 52.1 Å². The second kappa shape index (κ2) is 12.1. The molecule has 3 aliphatic rings. The molecule has 12 nitrogen and oxygen atoms in total. The smallest absolute Gasteiger partial charge is 0.409 e. The van der Waals surface area contributed by atoms with Crippen molar-refractivity contribution in [3.8, 4) is 0 Å². The van der Waals surface area contributed by atoms with E-state index in [-0.39, 0.29) is 16.5 Å². The van der Waals surface area contributed by atoms with Gasteiger partial charge in [-0.1, -0.05) is 68.6 Å². The fourth-order valence-corrected chi connectivity index (χ4v) is 6.42. The van der Waals surface area contributed by atoms with Crippen LogP contribution in [-0.2, 0) is 26.6 Å². The maximum Gasteiger partial charge on any atom is 0.409 e. The quantitative estimate of drug-likeness (QED) is 0.171. The number of likely N-dealkylation sites (tertiary alicyclic amines) is 1. The Bertz CT molecular complexity index is 1420. The summed E-state index contributed by atoms with van der Waals surface area (Å²) in [5, 5.41) is 10.1. The average molecular weight is 595 g/mol. The molecule has 2 aliphatic carbocycles. The molecule has 2 amide bonds. The van der Waals surface area contributed by atoms with Crippen LogP contribution in [-0.4, -0.2) is 50.4 Å². The Morgan fingerprint density at radius 1 is 1.10 bits per heavy atom. The van der Waals surface area contributed by atoms with Gasteiger partial charge in [0.15, 0.2) is 0 Å². The number of allylic oxidation sites excluding steroid dienone is 1. The third-order valence-corrected chi connectivity index (χ3v) is 8.58. The summed E-state index contributed by atoms with van der Waals surface area (Å²) in [4.78, 5) is 30.3. The molecule has 13 heteroatoms. The van der Waals surface area contributed by atoms with E-state index < -0.39 is 6.09 Å². The number of carbonyl (C=O) groups is 2. The number of ether oxygens (including phenoxy) is 2. The molecule has 0 spiro atoms. The molecule has 1 fully saturated rings. The Kier molecular flexibility index (Phi) is 8.65. The largest absolute Gasteiger partial charge is 0.453 e. The Morgan fingerprint density at radius 2 is 1.79 bits per heavy atom. The standard InChI is InChI=1S/C13H13BrN4O2.C13H14N4O2/c1-20-12(19)18-6-5-13(14)9-3-2-4-10(16-17-15)8(9)7-11(13)18;1-19-13(18)15-8-7-9-5-6-11-10(9)3-2-4-12(11)16-17-14/h2-4,11H,5-7H2,1H3;2-5H,6-8H2,1H3,(H,15,18)/t11-,13-;/m1./s1. The summed E-state index contributed by atoms with van der Waals surface area (Å²) < 4.78 is 9.09. The molecule has 2 atom stereocenters. The van der Waals surface area contributed by atoms with Crippen LogP contribution in [0.2, 0.25) is 0 Å². The number of fused-ring (bicyclic) bond motifs is 4. The van der Waals surface area contributed by atoms with Gasteiger partial charge in [0, 0.05) is 34.3 Å². The third-order valence-electron chi connectivity index (χ3n) is 7.23. The third kappa shape index (κ3) is 5.51. The topological polar surface area (TPSA) is 165 Å². The highest BCUT2D eigenvalue weighted by Gasteiger charge is 2.54. The van der Waals surface area contributed by atoms with Crippen LogP contribution in [0.15, 0.2) is 52.7 Å². The van der Waals surface area contributed by atoms with Crippen molar-refractivity contribution in [2.45, 2.75) is 36.0 Å². The van der Waals surface area contributed by atoms with E-state index in [4.69, 9.17) is 15.8 Å². The van der Waals surface area contributed by atoms with Crippen LogP contribution in [0.4, 0.5) is 21.0 Å². The van der Waals surface area contributed by atoms with Gasteiger partial charge in [-0.05, 0) is 64.6 Å². The highest BCUT2D eigenvalue weighted by atomic mass is 79.9.